The molecule has 2 rings (SSSR count). The summed E-state index contributed by atoms with van der Waals surface area (Å²) in [4.78, 5) is 14.4. The molecule has 0 radical (unpaired) electrons. The van der Waals surface area contributed by atoms with Crippen LogP contribution in [0.25, 0.3) is 0 Å². The van der Waals surface area contributed by atoms with Crippen LogP contribution in [-0.2, 0) is 16.6 Å². The Balaban J connectivity index is 2.15. The molecule has 0 N–H and O–H groups in total. The fraction of sp³-hybridized carbons (Fsp3) is 0.611. The number of benzene rings is 1. The van der Waals surface area contributed by atoms with Crippen molar-refractivity contribution >= 4 is 5.91 Å². The molecule has 0 aromatic heterocycles. The smallest absolute Gasteiger partial charge is 0.226 e. The summed E-state index contributed by atoms with van der Waals surface area (Å²) >= 11 is 0. The number of hydrogen-bond donors (Lipinski definition) is 0. The third-order valence-corrected chi connectivity index (χ3v) is 4.14. The summed E-state index contributed by atoms with van der Waals surface area (Å²) in [6.45, 7) is 8.34. The molecule has 1 aromatic rings. The van der Waals surface area contributed by atoms with Gasteiger partial charge in [-0.15, -0.1) is 0 Å². The predicted octanol–water partition coefficient (Wildman–Crippen LogP) is 3.55. The maximum Gasteiger partial charge on any atom is 0.226 e. The molecule has 0 saturated carbocycles. The van der Waals surface area contributed by atoms with Crippen LogP contribution in [0, 0.1) is 0 Å². The van der Waals surface area contributed by atoms with E-state index >= 15 is 0 Å². The number of piperidine rings is 1. The molecule has 1 heterocycles. The first-order valence-corrected chi connectivity index (χ1v) is 7.87. The van der Waals surface area contributed by atoms with Crippen LogP contribution >= 0.6 is 0 Å². The van der Waals surface area contributed by atoms with Crippen molar-refractivity contribution in [3.05, 3.63) is 29.3 Å². The molecule has 0 unspecified atom stereocenters. The van der Waals surface area contributed by atoms with E-state index in [-0.39, 0.29) is 11.3 Å². The minimum atomic E-state index is 0.00945. The molecule has 1 fully saturated rings. The van der Waals surface area contributed by atoms with Crippen molar-refractivity contribution in [1.82, 2.24) is 4.90 Å². The van der Waals surface area contributed by atoms with Crippen molar-refractivity contribution in [3.63, 3.8) is 0 Å². The SMILES string of the molecule is COc1ccc(CC(=O)N2CCCCC2)cc1C(C)(C)C. The molecule has 0 atom stereocenters. The zero-order chi connectivity index (χ0) is 15.5. The average Bonchev–Trinajstić information content (AvgIpc) is 2.47. The van der Waals surface area contributed by atoms with E-state index in [2.05, 4.69) is 26.8 Å². The Bertz CT molecular complexity index is 496. The first kappa shape index (κ1) is 15.9. The number of rotatable bonds is 3. The van der Waals surface area contributed by atoms with Gasteiger partial charge in [0, 0.05) is 13.1 Å². The van der Waals surface area contributed by atoms with Crippen LogP contribution in [0.3, 0.4) is 0 Å². The molecule has 116 valence electrons. The molecule has 3 heteroatoms. The lowest BCUT2D eigenvalue weighted by atomic mass is 9.85. The van der Waals surface area contributed by atoms with Gasteiger partial charge < -0.3 is 9.64 Å². The number of amides is 1. The fourth-order valence-electron chi connectivity index (χ4n) is 2.88. The zero-order valence-electron chi connectivity index (χ0n) is 13.7. The molecular weight excluding hydrogens is 262 g/mol. The molecule has 21 heavy (non-hydrogen) atoms. The predicted molar refractivity (Wildman–Crippen MR) is 85.8 cm³/mol. The minimum Gasteiger partial charge on any atom is -0.496 e. The lowest BCUT2D eigenvalue weighted by Crippen LogP contribution is -2.36. The molecule has 1 aromatic carbocycles. The van der Waals surface area contributed by atoms with Gasteiger partial charge in [0.05, 0.1) is 13.5 Å². The summed E-state index contributed by atoms with van der Waals surface area (Å²) in [6, 6.07) is 6.12. The van der Waals surface area contributed by atoms with Gasteiger partial charge in [-0.3, -0.25) is 4.79 Å². The maximum atomic E-state index is 12.4. The summed E-state index contributed by atoms with van der Waals surface area (Å²) in [6.07, 6.45) is 4.02. The van der Waals surface area contributed by atoms with Crippen molar-refractivity contribution in [2.24, 2.45) is 0 Å². The normalized spacial score (nSPS) is 15.9. The first-order valence-electron chi connectivity index (χ1n) is 7.87. The highest BCUT2D eigenvalue weighted by Gasteiger charge is 2.21. The number of likely N-dealkylation sites (tertiary alicyclic amines) is 1. The van der Waals surface area contributed by atoms with Gasteiger partial charge in [-0.25, -0.2) is 0 Å². The van der Waals surface area contributed by atoms with E-state index in [0.717, 1.165) is 42.8 Å². The average molecular weight is 289 g/mol. The van der Waals surface area contributed by atoms with Crippen LogP contribution < -0.4 is 4.74 Å². The lowest BCUT2D eigenvalue weighted by Gasteiger charge is -2.27. The molecule has 3 nitrogen and oxygen atoms in total. The third kappa shape index (κ3) is 3.99. The standard InChI is InChI=1S/C18H27NO2/c1-18(2,3)15-12-14(8-9-16(15)21-4)13-17(20)19-10-6-5-7-11-19/h8-9,12H,5-7,10-11,13H2,1-4H3. The lowest BCUT2D eigenvalue weighted by molar-refractivity contribution is -0.131. The van der Waals surface area contributed by atoms with Gasteiger partial charge >= 0.3 is 0 Å². The van der Waals surface area contributed by atoms with E-state index in [1.807, 2.05) is 17.0 Å². The van der Waals surface area contributed by atoms with Crippen molar-refractivity contribution in [2.75, 3.05) is 20.2 Å². The Morgan fingerprint density at radius 1 is 1.19 bits per heavy atom. The minimum absolute atomic E-state index is 0.00945. The molecule has 1 aliphatic rings. The Morgan fingerprint density at radius 3 is 2.43 bits per heavy atom. The second kappa shape index (κ2) is 6.50. The van der Waals surface area contributed by atoms with Gasteiger partial charge in [-0.2, -0.15) is 0 Å². The van der Waals surface area contributed by atoms with Crippen LogP contribution in [0.4, 0.5) is 0 Å². The Kier molecular flexibility index (Phi) is 4.92. The number of methoxy groups -OCH3 is 1. The highest BCUT2D eigenvalue weighted by molar-refractivity contribution is 5.79. The highest BCUT2D eigenvalue weighted by atomic mass is 16.5. The van der Waals surface area contributed by atoms with Crippen LogP contribution in [0.15, 0.2) is 18.2 Å². The highest BCUT2D eigenvalue weighted by Crippen LogP contribution is 2.32. The van der Waals surface area contributed by atoms with Crippen molar-refractivity contribution in [2.45, 2.75) is 51.9 Å². The molecular formula is C18H27NO2. The number of hydrogen-bond acceptors (Lipinski definition) is 2. The maximum absolute atomic E-state index is 12.4. The third-order valence-electron chi connectivity index (χ3n) is 4.14. The molecule has 1 saturated heterocycles. The van der Waals surface area contributed by atoms with Crippen LogP contribution in [0.2, 0.25) is 0 Å². The second-order valence-corrected chi connectivity index (χ2v) is 6.90. The second-order valence-electron chi connectivity index (χ2n) is 6.90. The Labute approximate surface area is 128 Å². The molecule has 0 aliphatic carbocycles. The number of carbonyl (C=O) groups is 1. The van der Waals surface area contributed by atoms with E-state index in [1.54, 1.807) is 7.11 Å². The molecule has 0 spiro atoms. The monoisotopic (exact) mass is 289 g/mol. The van der Waals surface area contributed by atoms with E-state index in [4.69, 9.17) is 4.74 Å². The fourth-order valence-corrected chi connectivity index (χ4v) is 2.88. The van der Waals surface area contributed by atoms with Gasteiger partial charge in [0.1, 0.15) is 5.75 Å². The van der Waals surface area contributed by atoms with E-state index < -0.39 is 0 Å². The van der Waals surface area contributed by atoms with E-state index in [9.17, 15) is 4.79 Å². The summed E-state index contributed by atoms with van der Waals surface area (Å²) in [5.74, 6) is 1.15. The van der Waals surface area contributed by atoms with E-state index in [0.29, 0.717) is 6.42 Å². The number of nitrogens with zero attached hydrogens (tertiary/aromatic N) is 1. The van der Waals surface area contributed by atoms with Gasteiger partial charge in [-0.05, 0) is 41.9 Å². The molecule has 1 aliphatic heterocycles. The van der Waals surface area contributed by atoms with Crippen LogP contribution in [0.5, 0.6) is 5.75 Å². The summed E-state index contributed by atoms with van der Waals surface area (Å²) in [7, 11) is 1.70. The summed E-state index contributed by atoms with van der Waals surface area (Å²) < 4.78 is 5.45. The van der Waals surface area contributed by atoms with Crippen molar-refractivity contribution in [3.8, 4) is 5.75 Å². The molecule has 0 bridgehead atoms. The zero-order valence-corrected chi connectivity index (χ0v) is 13.7. The largest absolute Gasteiger partial charge is 0.496 e. The molecule has 1 amide bonds. The first-order chi connectivity index (χ1) is 9.91. The van der Waals surface area contributed by atoms with Gasteiger partial charge in [-0.1, -0.05) is 32.9 Å². The summed E-state index contributed by atoms with van der Waals surface area (Å²) in [5.41, 5.74) is 2.25. The van der Waals surface area contributed by atoms with Gasteiger partial charge in [0.15, 0.2) is 0 Å². The number of ether oxygens (including phenoxy) is 1. The van der Waals surface area contributed by atoms with Crippen LogP contribution in [-0.4, -0.2) is 31.0 Å². The Morgan fingerprint density at radius 2 is 1.86 bits per heavy atom. The van der Waals surface area contributed by atoms with Crippen LogP contribution in [0.1, 0.15) is 51.2 Å². The number of carbonyl (C=O) groups excluding carboxylic acids is 1. The van der Waals surface area contributed by atoms with Gasteiger partial charge in [0.25, 0.3) is 0 Å². The van der Waals surface area contributed by atoms with Crippen molar-refractivity contribution in [1.29, 1.82) is 0 Å². The Hall–Kier alpha value is -1.51. The van der Waals surface area contributed by atoms with E-state index in [1.165, 1.54) is 6.42 Å². The summed E-state index contributed by atoms with van der Waals surface area (Å²) in [5, 5.41) is 0. The quantitative estimate of drug-likeness (QED) is 0.851. The van der Waals surface area contributed by atoms with Gasteiger partial charge in [0.2, 0.25) is 5.91 Å². The topological polar surface area (TPSA) is 29.5 Å². The van der Waals surface area contributed by atoms with Crippen molar-refractivity contribution < 1.29 is 9.53 Å².